The zero-order valence-corrected chi connectivity index (χ0v) is 14.7. The maximum Gasteiger partial charge on any atom is 0.0931 e. The summed E-state index contributed by atoms with van der Waals surface area (Å²) in [6, 6.07) is 12.8. The lowest BCUT2D eigenvalue weighted by molar-refractivity contribution is 0.446. The molecule has 0 aliphatic heterocycles. The molecule has 1 heterocycles. The van der Waals surface area contributed by atoms with Crippen LogP contribution in [-0.4, -0.2) is 12.6 Å². The molecule has 21 heavy (non-hydrogen) atoms. The fraction of sp³-hybridized carbons (Fsp3) is 0.412. The predicted octanol–water partition coefficient (Wildman–Crippen LogP) is 5.45. The Morgan fingerprint density at radius 3 is 2.29 bits per heavy atom. The van der Waals surface area contributed by atoms with Crippen molar-refractivity contribution in [1.82, 2.24) is 5.32 Å². The smallest absolute Gasteiger partial charge is 0.0931 e. The topological polar surface area (TPSA) is 12.0 Å². The third kappa shape index (κ3) is 5.99. The average Bonchev–Trinajstić information content (AvgIpc) is 2.84. The van der Waals surface area contributed by atoms with E-state index in [1.54, 1.807) is 11.3 Å². The molecule has 1 aromatic carbocycles. The standard InChI is InChI=1S/C17H21Cl2NS/c1-12(2)20-11-14(10-16-7-8-17(19)21-16)9-13-3-5-15(18)6-4-13/h3-8,12,14,20H,9-11H2,1-2H3. The van der Waals surface area contributed by atoms with E-state index in [4.69, 9.17) is 23.2 Å². The van der Waals surface area contributed by atoms with Crippen LogP contribution in [0.5, 0.6) is 0 Å². The van der Waals surface area contributed by atoms with E-state index in [-0.39, 0.29) is 0 Å². The highest BCUT2D eigenvalue weighted by Gasteiger charge is 2.13. The highest BCUT2D eigenvalue weighted by molar-refractivity contribution is 7.16. The van der Waals surface area contributed by atoms with Crippen molar-refractivity contribution >= 4 is 34.5 Å². The molecule has 0 bridgehead atoms. The molecule has 0 amide bonds. The van der Waals surface area contributed by atoms with Gasteiger partial charge in [0, 0.05) is 15.9 Å². The first-order valence-electron chi connectivity index (χ1n) is 7.25. The molecule has 114 valence electrons. The minimum Gasteiger partial charge on any atom is -0.314 e. The van der Waals surface area contributed by atoms with E-state index in [1.807, 2.05) is 18.2 Å². The van der Waals surface area contributed by atoms with E-state index in [0.29, 0.717) is 12.0 Å². The van der Waals surface area contributed by atoms with Crippen LogP contribution in [0.2, 0.25) is 9.36 Å². The minimum absolute atomic E-state index is 0.504. The van der Waals surface area contributed by atoms with Gasteiger partial charge in [-0.1, -0.05) is 49.2 Å². The summed E-state index contributed by atoms with van der Waals surface area (Å²) in [4.78, 5) is 1.35. The van der Waals surface area contributed by atoms with Gasteiger partial charge in [0.2, 0.25) is 0 Å². The second-order valence-corrected chi connectivity index (χ2v) is 7.91. The average molecular weight is 342 g/mol. The Morgan fingerprint density at radius 2 is 1.71 bits per heavy atom. The van der Waals surface area contributed by atoms with E-state index < -0.39 is 0 Å². The Hall–Kier alpha value is -0.540. The lowest BCUT2D eigenvalue weighted by atomic mass is 9.95. The number of halogens is 2. The summed E-state index contributed by atoms with van der Waals surface area (Å²) in [6.07, 6.45) is 2.10. The van der Waals surface area contributed by atoms with Gasteiger partial charge in [0.05, 0.1) is 4.34 Å². The third-order valence-electron chi connectivity index (χ3n) is 3.37. The zero-order valence-electron chi connectivity index (χ0n) is 12.4. The van der Waals surface area contributed by atoms with Crippen LogP contribution in [0.25, 0.3) is 0 Å². The van der Waals surface area contributed by atoms with E-state index in [2.05, 4.69) is 37.4 Å². The second-order valence-electron chi connectivity index (χ2n) is 5.67. The van der Waals surface area contributed by atoms with E-state index in [1.165, 1.54) is 10.4 Å². The molecular weight excluding hydrogens is 321 g/mol. The van der Waals surface area contributed by atoms with Crippen molar-refractivity contribution in [1.29, 1.82) is 0 Å². The summed E-state index contributed by atoms with van der Waals surface area (Å²) in [6.45, 7) is 5.37. The Balaban J connectivity index is 2.02. The Kier molecular flexibility index (Phi) is 6.56. The van der Waals surface area contributed by atoms with Crippen LogP contribution in [-0.2, 0) is 12.8 Å². The van der Waals surface area contributed by atoms with Gasteiger partial charge in [0.1, 0.15) is 0 Å². The van der Waals surface area contributed by atoms with Crippen molar-refractivity contribution in [2.45, 2.75) is 32.7 Å². The fourth-order valence-corrected chi connectivity index (χ4v) is 3.65. The Labute approximate surface area is 141 Å². The van der Waals surface area contributed by atoms with E-state index >= 15 is 0 Å². The van der Waals surface area contributed by atoms with E-state index in [9.17, 15) is 0 Å². The van der Waals surface area contributed by atoms with Crippen molar-refractivity contribution < 1.29 is 0 Å². The number of thiophene rings is 1. The number of benzene rings is 1. The molecule has 0 saturated heterocycles. The molecule has 2 aromatic rings. The van der Waals surface area contributed by atoms with Crippen molar-refractivity contribution in [2.24, 2.45) is 5.92 Å². The number of nitrogens with one attached hydrogen (secondary N) is 1. The molecule has 0 radical (unpaired) electrons. The molecule has 1 unspecified atom stereocenters. The summed E-state index contributed by atoms with van der Waals surface area (Å²) in [5.41, 5.74) is 1.33. The van der Waals surface area contributed by atoms with Gasteiger partial charge >= 0.3 is 0 Å². The molecule has 0 fully saturated rings. The first-order chi connectivity index (χ1) is 10.0. The highest BCUT2D eigenvalue weighted by atomic mass is 35.5. The van der Waals surface area contributed by atoms with Gasteiger partial charge in [-0.15, -0.1) is 11.3 Å². The zero-order chi connectivity index (χ0) is 15.2. The normalized spacial score (nSPS) is 12.8. The van der Waals surface area contributed by atoms with Gasteiger partial charge < -0.3 is 5.32 Å². The maximum atomic E-state index is 6.04. The van der Waals surface area contributed by atoms with Crippen molar-refractivity contribution in [3.05, 3.63) is 56.2 Å². The van der Waals surface area contributed by atoms with Gasteiger partial charge in [0.15, 0.2) is 0 Å². The predicted molar refractivity (Wildman–Crippen MR) is 94.8 cm³/mol. The van der Waals surface area contributed by atoms with Gasteiger partial charge in [-0.25, -0.2) is 0 Å². The van der Waals surface area contributed by atoms with Gasteiger partial charge in [0.25, 0.3) is 0 Å². The van der Waals surface area contributed by atoms with Gasteiger partial charge in [-0.2, -0.15) is 0 Å². The van der Waals surface area contributed by atoms with Crippen LogP contribution >= 0.6 is 34.5 Å². The second kappa shape index (κ2) is 8.19. The monoisotopic (exact) mass is 341 g/mol. The Morgan fingerprint density at radius 1 is 1.00 bits per heavy atom. The lowest BCUT2D eigenvalue weighted by Crippen LogP contribution is -2.30. The van der Waals surface area contributed by atoms with Gasteiger partial charge in [-0.05, 0) is 55.1 Å². The highest BCUT2D eigenvalue weighted by Crippen LogP contribution is 2.25. The molecule has 0 aliphatic rings. The Bertz CT molecular complexity index is 548. The first kappa shape index (κ1) is 16.8. The van der Waals surface area contributed by atoms with Crippen LogP contribution < -0.4 is 5.32 Å². The first-order valence-corrected chi connectivity index (χ1v) is 8.82. The lowest BCUT2D eigenvalue weighted by Gasteiger charge is -2.19. The largest absolute Gasteiger partial charge is 0.314 e. The maximum absolute atomic E-state index is 6.04. The molecule has 4 heteroatoms. The summed E-state index contributed by atoms with van der Waals surface area (Å²) in [5, 5.41) is 4.34. The van der Waals surface area contributed by atoms with Crippen molar-refractivity contribution in [3.8, 4) is 0 Å². The number of rotatable bonds is 7. The molecule has 0 spiro atoms. The molecule has 0 aliphatic carbocycles. The van der Waals surface area contributed by atoms with Gasteiger partial charge in [-0.3, -0.25) is 0 Å². The van der Waals surface area contributed by atoms with E-state index in [0.717, 1.165) is 28.7 Å². The van der Waals surface area contributed by atoms with Crippen LogP contribution in [0.3, 0.4) is 0 Å². The number of hydrogen-bond donors (Lipinski definition) is 1. The molecule has 1 atom stereocenters. The van der Waals surface area contributed by atoms with Crippen molar-refractivity contribution in [3.63, 3.8) is 0 Å². The fourth-order valence-electron chi connectivity index (χ4n) is 2.32. The quantitative estimate of drug-likeness (QED) is 0.705. The SMILES string of the molecule is CC(C)NCC(Cc1ccc(Cl)cc1)Cc1ccc(Cl)s1. The van der Waals surface area contributed by atoms with Crippen LogP contribution in [0, 0.1) is 5.92 Å². The molecule has 1 aromatic heterocycles. The summed E-state index contributed by atoms with van der Waals surface area (Å²) < 4.78 is 0.868. The van der Waals surface area contributed by atoms with Crippen LogP contribution in [0.4, 0.5) is 0 Å². The molecule has 1 N–H and O–H groups in total. The third-order valence-corrected chi connectivity index (χ3v) is 4.88. The summed E-state index contributed by atoms with van der Waals surface area (Å²) in [5.74, 6) is 0.559. The molecule has 1 nitrogen and oxygen atoms in total. The van der Waals surface area contributed by atoms with Crippen LogP contribution in [0.1, 0.15) is 24.3 Å². The molecule has 0 saturated carbocycles. The summed E-state index contributed by atoms with van der Waals surface area (Å²) in [7, 11) is 0. The minimum atomic E-state index is 0.504. The van der Waals surface area contributed by atoms with Crippen LogP contribution in [0.15, 0.2) is 36.4 Å². The number of hydrogen-bond acceptors (Lipinski definition) is 2. The molecule has 2 rings (SSSR count). The van der Waals surface area contributed by atoms with Crippen molar-refractivity contribution in [2.75, 3.05) is 6.54 Å². The summed E-state index contributed by atoms with van der Waals surface area (Å²) >= 11 is 13.7. The molecular formula is C17H21Cl2NS.